The number of benzene rings is 3. The number of aliphatic hydroxyl groups excluding tert-OH is 1. The minimum absolute atomic E-state index is 0. The number of carbonyl (C=O) groups excluding carboxylic acids is 1. The van der Waals surface area contributed by atoms with Crippen molar-refractivity contribution in [2.75, 3.05) is 0 Å². The van der Waals surface area contributed by atoms with E-state index >= 15 is 0 Å². The molecule has 0 fully saturated rings. The zero-order chi connectivity index (χ0) is 37.9. The third kappa shape index (κ3) is 9.24. The normalized spacial score (nSPS) is 12.8. The van der Waals surface area contributed by atoms with Gasteiger partial charge >= 0.3 is 0 Å². The maximum Gasteiger partial charge on any atom is 0.164 e. The van der Waals surface area contributed by atoms with E-state index in [4.69, 9.17) is 4.98 Å². The third-order valence-electron chi connectivity index (χ3n) is 11.3. The average molecular weight is 911 g/mol. The van der Waals surface area contributed by atoms with E-state index in [1.165, 1.54) is 48.3 Å². The minimum atomic E-state index is -1.31. The van der Waals surface area contributed by atoms with Gasteiger partial charge in [-0.05, 0) is 60.6 Å². The Kier molecular flexibility index (Phi) is 14.3. The molecule has 3 nitrogen and oxygen atoms in total. The first-order valence-electron chi connectivity index (χ1n) is 18.7. The minimum Gasteiger partial charge on any atom is -0.512 e. The summed E-state index contributed by atoms with van der Waals surface area (Å²) < 4.78 is 1.25. The van der Waals surface area contributed by atoms with Crippen LogP contribution in [0.2, 0.25) is 19.6 Å². The SMILES string of the molecule is CCC(C)(CC)C(=O)/C=C(\O)C(C)(CC)CC.Cc1c(-c2ccc([Si](C)(C)C)cc2)sc2c(-c3[c-]c4ccccc4c(C(C)(C)C)c3)nccc12.[Ir]. The number of aryl methyl sites for hydroxylation is 1. The zero-order valence-electron chi connectivity index (χ0n) is 33.8. The second-order valence-electron chi connectivity index (χ2n) is 16.7. The Balaban J connectivity index is 0.000000347. The van der Waals surface area contributed by atoms with Gasteiger partial charge in [0.1, 0.15) is 5.76 Å². The Hall–Kier alpha value is -2.89. The van der Waals surface area contributed by atoms with Crippen molar-refractivity contribution < 1.29 is 30.0 Å². The zero-order valence-corrected chi connectivity index (χ0v) is 38.0. The van der Waals surface area contributed by atoms with Gasteiger partial charge in [-0.15, -0.1) is 40.5 Å². The van der Waals surface area contributed by atoms with E-state index in [-0.39, 0.29) is 47.9 Å². The van der Waals surface area contributed by atoms with Crippen molar-refractivity contribution in [2.24, 2.45) is 10.8 Å². The van der Waals surface area contributed by atoms with Crippen molar-refractivity contribution in [2.45, 2.75) is 120 Å². The van der Waals surface area contributed by atoms with Gasteiger partial charge in [0, 0.05) is 58.5 Å². The molecular formula is C46H60IrNO2SSi-. The van der Waals surface area contributed by atoms with Crippen molar-refractivity contribution in [3.63, 3.8) is 0 Å². The van der Waals surface area contributed by atoms with Crippen LogP contribution in [0.4, 0.5) is 0 Å². The molecule has 0 aliphatic heterocycles. The van der Waals surface area contributed by atoms with E-state index in [1.54, 1.807) is 0 Å². The third-order valence-corrected chi connectivity index (χ3v) is 14.7. The van der Waals surface area contributed by atoms with Gasteiger partial charge in [0.2, 0.25) is 0 Å². The molecular weight excluding hydrogens is 851 g/mol. The first-order chi connectivity index (χ1) is 23.8. The monoisotopic (exact) mass is 911 g/mol. The van der Waals surface area contributed by atoms with E-state index in [0.717, 1.165) is 42.3 Å². The van der Waals surface area contributed by atoms with E-state index < -0.39 is 8.07 Å². The molecule has 6 heteroatoms. The van der Waals surface area contributed by atoms with Crippen LogP contribution < -0.4 is 5.19 Å². The fourth-order valence-corrected chi connectivity index (χ4v) is 8.88. The summed E-state index contributed by atoms with van der Waals surface area (Å²) in [5, 5.41) is 15.3. The van der Waals surface area contributed by atoms with Gasteiger partial charge < -0.3 is 5.11 Å². The second kappa shape index (κ2) is 17.1. The van der Waals surface area contributed by atoms with Crippen LogP contribution in [-0.2, 0) is 30.3 Å². The maximum absolute atomic E-state index is 12.2. The molecule has 0 bridgehead atoms. The maximum atomic E-state index is 12.2. The molecule has 52 heavy (non-hydrogen) atoms. The summed E-state index contributed by atoms with van der Waals surface area (Å²) in [5.41, 5.74) is 5.51. The molecule has 1 N–H and O–H groups in total. The number of hydrogen-bond donors (Lipinski definition) is 1. The van der Waals surface area contributed by atoms with Gasteiger partial charge in [-0.3, -0.25) is 9.78 Å². The Morgan fingerprint density at radius 3 is 1.96 bits per heavy atom. The molecule has 281 valence electrons. The van der Waals surface area contributed by atoms with Gasteiger partial charge in [-0.1, -0.05) is 141 Å². The summed E-state index contributed by atoms with van der Waals surface area (Å²) in [6, 6.07) is 26.0. The predicted molar refractivity (Wildman–Crippen MR) is 226 cm³/mol. The van der Waals surface area contributed by atoms with Crippen molar-refractivity contribution in [3.05, 3.63) is 95.9 Å². The van der Waals surface area contributed by atoms with Crippen LogP contribution in [0.25, 0.3) is 42.6 Å². The Morgan fingerprint density at radius 1 is 0.846 bits per heavy atom. The smallest absolute Gasteiger partial charge is 0.164 e. The number of hydrogen-bond acceptors (Lipinski definition) is 4. The average Bonchev–Trinajstić information content (AvgIpc) is 3.45. The summed E-state index contributed by atoms with van der Waals surface area (Å²) >= 11 is 1.86. The van der Waals surface area contributed by atoms with Gasteiger partial charge in [0.25, 0.3) is 0 Å². The molecule has 0 saturated heterocycles. The van der Waals surface area contributed by atoms with Crippen molar-refractivity contribution in [1.29, 1.82) is 0 Å². The molecule has 0 unspecified atom stereocenters. The van der Waals surface area contributed by atoms with Crippen LogP contribution in [0.5, 0.6) is 0 Å². The summed E-state index contributed by atoms with van der Waals surface area (Å²) in [5.74, 6) is 0.286. The summed E-state index contributed by atoms with van der Waals surface area (Å²) in [7, 11) is -1.31. The summed E-state index contributed by atoms with van der Waals surface area (Å²) in [4.78, 5) is 18.4. The summed E-state index contributed by atoms with van der Waals surface area (Å²) in [6.45, 7) is 28.4. The molecule has 0 spiro atoms. The van der Waals surface area contributed by atoms with Crippen LogP contribution in [0.3, 0.4) is 0 Å². The molecule has 3 aromatic carbocycles. The molecule has 2 heterocycles. The van der Waals surface area contributed by atoms with Crippen LogP contribution in [0.1, 0.15) is 99.1 Å². The van der Waals surface area contributed by atoms with E-state index in [0.29, 0.717) is 0 Å². The second-order valence-corrected chi connectivity index (χ2v) is 22.8. The number of aliphatic hydroxyl groups is 1. The van der Waals surface area contributed by atoms with Crippen molar-refractivity contribution in [3.8, 4) is 21.7 Å². The van der Waals surface area contributed by atoms with E-state index in [9.17, 15) is 9.90 Å². The molecule has 0 saturated carbocycles. The molecule has 0 atom stereocenters. The van der Waals surface area contributed by atoms with Gasteiger partial charge in [-0.25, -0.2) is 0 Å². The number of carbonyl (C=O) groups is 1. The topological polar surface area (TPSA) is 50.2 Å². The first kappa shape index (κ1) is 43.5. The number of fused-ring (bicyclic) bond motifs is 2. The standard InChI is InChI=1S/C31H32NSSi.C15H28O2.Ir/c1-20-25-16-17-32-28(23-18-22-10-8-9-11-26(22)27(19-23)31(2,3)4)30(25)33-29(20)21-12-14-24(15-13-21)34(5,6)7;1-7-14(5,8-2)12(16)11-13(17)15(6,9-3)10-4;/h8-17,19H,1-7H3;11,16H,7-10H2,1-6H3;/q-1;;/b;12-11-;. The number of nitrogens with zero attached hydrogens (tertiary/aromatic N) is 1. The number of thiophene rings is 1. The number of allylic oxidation sites excluding steroid dienone is 2. The van der Waals surface area contributed by atoms with Gasteiger partial charge in [-0.2, -0.15) is 0 Å². The Bertz CT molecular complexity index is 2020. The number of rotatable bonds is 10. The fraction of sp³-hybridized carbons (Fsp3) is 0.435. The first-order valence-corrected chi connectivity index (χ1v) is 23.1. The molecule has 2 aromatic heterocycles. The van der Waals surface area contributed by atoms with Crippen LogP contribution >= 0.6 is 11.3 Å². The van der Waals surface area contributed by atoms with Crippen molar-refractivity contribution in [1.82, 2.24) is 4.98 Å². The fourth-order valence-electron chi connectivity index (χ4n) is 6.40. The quantitative estimate of drug-likeness (QED) is 0.0657. The van der Waals surface area contributed by atoms with Crippen LogP contribution in [0.15, 0.2) is 78.7 Å². The van der Waals surface area contributed by atoms with Crippen molar-refractivity contribution >= 4 is 51.2 Å². The molecule has 0 aliphatic rings. The molecule has 0 aliphatic carbocycles. The molecule has 1 radical (unpaired) electrons. The number of ketones is 1. The van der Waals surface area contributed by atoms with Gasteiger partial charge in [0.15, 0.2) is 5.78 Å². The van der Waals surface area contributed by atoms with Crippen LogP contribution in [0, 0.1) is 23.8 Å². The van der Waals surface area contributed by atoms with Gasteiger partial charge in [0.05, 0.1) is 8.07 Å². The number of aromatic nitrogens is 1. The predicted octanol–water partition coefficient (Wildman–Crippen LogP) is 13.4. The molecule has 5 rings (SSSR count). The Labute approximate surface area is 332 Å². The van der Waals surface area contributed by atoms with Crippen LogP contribution in [-0.4, -0.2) is 23.9 Å². The molecule has 0 amide bonds. The molecule has 5 aromatic rings. The van der Waals surface area contributed by atoms with E-state index in [2.05, 4.69) is 114 Å². The largest absolute Gasteiger partial charge is 0.512 e. The number of pyridine rings is 1. The Morgan fingerprint density at radius 2 is 1.42 bits per heavy atom. The summed E-state index contributed by atoms with van der Waals surface area (Å²) in [6.07, 6.45) is 6.71. The van der Waals surface area contributed by atoms with E-state index in [1.807, 2.05) is 59.1 Å².